The maximum atomic E-state index is 9.97. The molecule has 1 fully saturated rings. The van der Waals surface area contributed by atoms with Crippen molar-refractivity contribution in [2.24, 2.45) is 0 Å². The van der Waals surface area contributed by atoms with Crippen molar-refractivity contribution in [1.82, 2.24) is 9.97 Å². The highest BCUT2D eigenvalue weighted by molar-refractivity contribution is 5.53. The van der Waals surface area contributed by atoms with Gasteiger partial charge in [0.1, 0.15) is 12.1 Å². The summed E-state index contributed by atoms with van der Waals surface area (Å²) in [7, 11) is 0. The molecule has 1 aromatic heterocycles. The summed E-state index contributed by atoms with van der Waals surface area (Å²) in [6, 6.07) is 0. The molecule has 2 aliphatic rings. The van der Waals surface area contributed by atoms with Gasteiger partial charge in [0.15, 0.2) is 0 Å². The number of aliphatic hydroxyl groups is 1. The van der Waals surface area contributed by atoms with Crippen LogP contribution in [0, 0.1) is 0 Å². The molecule has 2 heterocycles. The highest BCUT2D eigenvalue weighted by atomic mass is 16.3. The highest BCUT2D eigenvalue weighted by Gasteiger charge is 2.32. The predicted octanol–water partition coefficient (Wildman–Crippen LogP) is 2.01. The van der Waals surface area contributed by atoms with E-state index in [0.717, 1.165) is 31.0 Å². The molecule has 1 N–H and O–H groups in total. The van der Waals surface area contributed by atoms with E-state index >= 15 is 0 Å². The third-order valence-electron chi connectivity index (χ3n) is 3.93. The first-order valence-corrected chi connectivity index (χ1v) is 6.55. The van der Waals surface area contributed by atoms with E-state index in [0.29, 0.717) is 5.92 Å². The maximum Gasteiger partial charge on any atom is 0.135 e. The Balaban J connectivity index is 2.00. The van der Waals surface area contributed by atoms with Crippen LogP contribution in [-0.2, 0) is 0 Å². The van der Waals surface area contributed by atoms with Gasteiger partial charge in [0.25, 0.3) is 0 Å². The van der Waals surface area contributed by atoms with Crippen LogP contribution >= 0.6 is 0 Å². The molecule has 1 aliphatic carbocycles. The Kier molecular flexibility index (Phi) is 2.74. The maximum absolute atomic E-state index is 9.97. The minimum atomic E-state index is -0.397. The Labute approximate surface area is 102 Å². The molecule has 0 unspecified atom stereocenters. The molecule has 1 aromatic rings. The van der Waals surface area contributed by atoms with Crippen LogP contribution in [-0.4, -0.2) is 28.2 Å². The van der Waals surface area contributed by atoms with Crippen molar-refractivity contribution in [2.75, 3.05) is 18.0 Å². The van der Waals surface area contributed by atoms with Crippen LogP contribution in [0.1, 0.15) is 55.9 Å². The SMILES string of the molecule is C[C@@H]1C[C@@H](O)c2ncnc(N3CCCCC3)c21. The summed E-state index contributed by atoms with van der Waals surface area (Å²) in [5.74, 6) is 1.44. The molecule has 92 valence electrons. The molecule has 1 aliphatic heterocycles. The molecule has 17 heavy (non-hydrogen) atoms. The van der Waals surface area contributed by atoms with E-state index in [9.17, 15) is 5.11 Å². The van der Waals surface area contributed by atoms with Gasteiger partial charge in [-0.1, -0.05) is 6.92 Å². The normalized spacial score (nSPS) is 28.2. The zero-order valence-corrected chi connectivity index (χ0v) is 10.3. The first-order chi connectivity index (χ1) is 8.27. The molecule has 3 rings (SSSR count). The first-order valence-electron chi connectivity index (χ1n) is 6.55. The predicted molar refractivity (Wildman–Crippen MR) is 66.1 cm³/mol. The summed E-state index contributed by atoms with van der Waals surface area (Å²) in [5, 5.41) is 9.97. The van der Waals surface area contributed by atoms with E-state index in [4.69, 9.17) is 0 Å². The fourth-order valence-corrected chi connectivity index (χ4v) is 3.06. The van der Waals surface area contributed by atoms with Crippen LogP contribution < -0.4 is 4.90 Å². The summed E-state index contributed by atoms with van der Waals surface area (Å²) in [6.45, 7) is 4.34. The lowest BCUT2D eigenvalue weighted by Crippen LogP contribution is -2.31. The van der Waals surface area contributed by atoms with Gasteiger partial charge in [0.05, 0.1) is 11.8 Å². The Morgan fingerprint density at radius 2 is 2.00 bits per heavy atom. The second kappa shape index (κ2) is 4.26. The van der Waals surface area contributed by atoms with E-state index in [1.54, 1.807) is 6.33 Å². The van der Waals surface area contributed by atoms with E-state index in [1.165, 1.54) is 24.8 Å². The second-order valence-electron chi connectivity index (χ2n) is 5.20. The number of hydrogen-bond acceptors (Lipinski definition) is 4. The standard InChI is InChI=1S/C13H19N3O/c1-9-7-10(17)12-11(9)13(15-8-14-12)16-5-3-2-4-6-16/h8-10,17H,2-7H2,1H3/t9-,10-/m1/s1. The van der Waals surface area contributed by atoms with Gasteiger partial charge >= 0.3 is 0 Å². The molecule has 4 heteroatoms. The third kappa shape index (κ3) is 1.80. The first kappa shape index (κ1) is 11.0. The average molecular weight is 233 g/mol. The van der Waals surface area contributed by atoms with Gasteiger partial charge in [-0.3, -0.25) is 0 Å². The smallest absolute Gasteiger partial charge is 0.135 e. The van der Waals surface area contributed by atoms with Gasteiger partial charge in [0, 0.05) is 18.7 Å². The van der Waals surface area contributed by atoms with Crippen molar-refractivity contribution in [1.29, 1.82) is 0 Å². The van der Waals surface area contributed by atoms with Crippen LogP contribution in [0.3, 0.4) is 0 Å². The van der Waals surface area contributed by atoms with Crippen LogP contribution in [0.25, 0.3) is 0 Å². The number of rotatable bonds is 1. The monoisotopic (exact) mass is 233 g/mol. The third-order valence-corrected chi connectivity index (χ3v) is 3.93. The number of fused-ring (bicyclic) bond motifs is 1. The molecule has 0 amide bonds. The summed E-state index contributed by atoms with van der Waals surface area (Å²) in [4.78, 5) is 11.1. The number of piperidine rings is 1. The minimum absolute atomic E-state index is 0.373. The van der Waals surface area contributed by atoms with E-state index < -0.39 is 6.10 Å². The topological polar surface area (TPSA) is 49.3 Å². The van der Waals surface area contributed by atoms with E-state index in [-0.39, 0.29) is 0 Å². The van der Waals surface area contributed by atoms with Gasteiger partial charge < -0.3 is 10.0 Å². The average Bonchev–Trinajstić information content (AvgIpc) is 2.66. The number of aromatic nitrogens is 2. The second-order valence-corrected chi connectivity index (χ2v) is 5.20. The van der Waals surface area contributed by atoms with Gasteiger partial charge in [0.2, 0.25) is 0 Å². The Bertz CT molecular complexity index is 415. The number of hydrogen-bond donors (Lipinski definition) is 1. The van der Waals surface area contributed by atoms with Gasteiger partial charge in [-0.15, -0.1) is 0 Å². The molecule has 1 saturated heterocycles. The quantitative estimate of drug-likeness (QED) is 0.806. The van der Waals surface area contributed by atoms with Crippen molar-refractivity contribution in [3.8, 4) is 0 Å². The molecule has 0 radical (unpaired) electrons. The fraction of sp³-hybridized carbons (Fsp3) is 0.692. The van der Waals surface area contributed by atoms with Crippen molar-refractivity contribution in [3.63, 3.8) is 0 Å². The van der Waals surface area contributed by atoms with Gasteiger partial charge in [-0.25, -0.2) is 9.97 Å². The zero-order chi connectivity index (χ0) is 11.8. The van der Waals surface area contributed by atoms with Crippen LogP contribution in [0.2, 0.25) is 0 Å². The summed E-state index contributed by atoms with van der Waals surface area (Å²) in [5.41, 5.74) is 2.04. The highest BCUT2D eigenvalue weighted by Crippen LogP contribution is 2.42. The summed E-state index contributed by atoms with van der Waals surface area (Å²) < 4.78 is 0. The molecule has 0 aromatic carbocycles. The van der Waals surface area contributed by atoms with E-state index in [2.05, 4.69) is 21.8 Å². The lowest BCUT2D eigenvalue weighted by Gasteiger charge is -2.29. The largest absolute Gasteiger partial charge is 0.387 e. The van der Waals surface area contributed by atoms with Crippen LogP contribution in [0.4, 0.5) is 5.82 Å². The lowest BCUT2D eigenvalue weighted by atomic mass is 10.0. The van der Waals surface area contributed by atoms with Crippen molar-refractivity contribution in [3.05, 3.63) is 17.6 Å². The number of aliphatic hydroxyl groups excluding tert-OH is 1. The van der Waals surface area contributed by atoms with Crippen molar-refractivity contribution >= 4 is 5.82 Å². The zero-order valence-electron chi connectivity index (χ0n) is 10.3. The molecule has 2 atom stereocenters. The van der Waals surface area contributed by atoms with Crippen molar-refractivity contribution < 1.29 is 5.11 Å². The minimum Gasteiger partial charge on any atom is -0.387 e. The molecule has 0 bridgehead atoms. The van der Waals surface area contributed by atoms with Crippen LogP contribution in [0.5, 0.6) is 0 Å². The molecular formula is C13H19N3O. The van der Waals surface area contributed by atoms with Gasteiger partial charge in [-0.2, -0.15) is 0 Å². The lowest BCUT2D eigenvalue weighted by molar-refractivity contribution is 0.170. The summed E-state index contributed by atoms with van der Waals surface area (Å²) >= 11 is 0. The Hall–Kier alpha value is -1.16. The molecule has 0 saturated carbocycles. The van der Waals surface area contributed by atoms with E-state index in [1.807, 2.05) is 0 Å². The Morgan fingerprint density at radius 1 is 1.24 bits per heavy atom. The number of nitrogens with zero attached hydrogens (tertiary/aromatic N) is 3. The molecule has 0 spiro atoms. The van der Waals surface area contributed by atoms with Crippen molar-refractivity contribution in [2.45, 2.75) is 44.6 Å². The Morgan fingerprint density at radius 3 is 2.76 bits per heavy atom. The number of anilines is 1. The molecule has 4 nitrogen and oxygen atoms in total. The summed E-state index contributed by atoms with van der Waals surface area (Å²) in [6.07, 6.45) is 5.80. The molecular weight excluding hydrogens is 214 g/mol. The fourth-order valence-electron chi connectivity index (χ4n) is 3.06. The van der Waals surface area contributed by atoms with Gasteiger partial charge in [-0.05, 0) is 31.6 Å². The van der Waals surface area contributed by atoms with Crippen LogP contribution in [0.15, 0.2) is 6.33 Å².